The molecule has 1 N–H and O–H groups in total. The summed E-state index contributed by atoms with van der Waals surface area (Å²) in [6, 6.07) is 0.463. The Balaban J connectivity index is 2.25. The highest BCUT2D eigenvalue weighted by Gasteiger charge is 2.30. The first-order chi connectivity index (χ1) is 5.63. The minimum Gasteiger partial charge on any atom is -0.393 e. The maximum absolute atomic E-state index is 9.06. The van der Waals surface area contributed by atoms with Crippen molar-refractivity contribution in [2.24, 2.45) is 0 Å². The van der Waals surface area contributed by atoms with Gasteiger partial charge in [-0.05, 0) is 19.9 Å². The standard InChI is InChI=1S/C8H13Cl2NO/c1-11(5-6(10)4-9)7-2-8(12)3-7/h4,7-8,12H,2-3,5H2,1H3/b6-4-. The van der Waals surface area contributed by atoms with Crippen molar-refractivity contribution in [1.82, 2.24) is 4.90 Å². The van der Waals surface area contributed by atoms with Gasteiger partial charge in [0.25, 0.3) is 0 Å². The van der Waals surface area contributed by atoms with Crippen molar-refractivity contribution >= 4 is 23.2 Å². The maximum atomic E-state index is 9.06. The first-order valence-corrected chi connectivity index (χ1v) is 4.78. The molecule has 0 heterocycles. The van der Waals surface area contributed by atoms with Crippen molar-refractivity contribution in [1.29, 1.82) is 0 Å². The van der Waals surface area contributed by atoms with E-state index in [4.69, 9.17) is 28.3 Å². The zero-order chi connectivity index (χ0) is 9.14. The first-order valence-electron chi connectivity index (χ1n) is 3.96. The third-order valence-corrected chi connectivity index (χ3v) is 2.83. The Hall–Kier alpha value is 0.240. The number of aliphatic hydroxyl groups excluding tert-OH is 1. The molecule has 0 spiro atoms. The third-order valence-electron chi connectivity index (χ3n) is 2.23. The summed E-state index contributed by atoms with van der Waals surface area (Å²) in [5.74, 6) is 0. The molecular weight excluding hydrogens is 197 g/mol. The summed E-state index contributed by atoms with van der Waals surface area (Å²) in [5.41, 5.74) is 1.38. The first kappa shape index (κ1) is 10.3. The molecule has 4 heteroatoms. The molecule has 12 heavy (non-hydrogen) atoms. The second kappa shape index (κ2) is 4.47. The molecule has 0 saturated heterocycles. The molecule has 1 rings (SSSR count). The summed E-state index contributed by atoms with van der Waals surface area (Å²) in [6.07, 6.45) is 1.59. The van der Waals surface area contributed by atoms with Crippen LogP contribution in [0.25, 0.3) is 0 Å². The smallest absolute Gasteiger partial charge is 0.0570 e. The van der Waals surface area contributed by atoms with Crippen LogP contribution in [0.4, 0.5) is 0 Å². The van der Waals surface area contributed by atoms with E-state index < -0.39 is 0 Å². The number of halogens is 2. The fraction of sp³-hybridized carbons (Fsp3) is 0.750. The van der Waals surface area contributed by atoms with E-state index in [0.29, 0.717) is 17.6 Å². The summed E-state index contributed by atoms with van der Waals surface area (Å²) in [4.78, 5) is 2.11. The summed E-state index contributed by atoms with van der Waals surface area (Å²) in [7, 11) is 1.99. The van der Waals surface area contributed by atoms with Crippen molar-refractivity contribution < 1.29 is 5.11 Å². The normalized spacial score (nSPS) is 30.6. The van der Waals surface area contributed by atoms with Crippen molar-refractivity contribution in [3.05, 3.63) is 10.6 Å². The molecule has 70 valence electrons. The predicted molar refractivity (Wildman–Crippen MR) is 51.4 cm³/mol. The number of aliphatic hydroxyl groups is 1. The quantitative estimate of drug-likeness (QED) is 0.767. The van der Waals surface area contributed by atoms with Gasteiger partial charge in [0.2, 0.25) is 0 Å². The van der Waals surface area contributed by atoms with Crippen LogP contribution >= 0.6 is 23.2 Å². The van der Waals surface area contributed by atoms with Crippen LogP contribution in [0.1, 0.15) is 12.8 Å². The average molecular weight is 210 g/mol. The molecular formula is C8H13Cl2NO. The van der Waals surface area contributed by atoms with Gasteiger partial charge in [0.15, 0.2) is 0 Å². The van der Waals surface area contributed by atoms with E-state index in [-0.39, 0.29) is 6.10 Å². The fourth-order valence-electron chi connectivity index (χ4n) is 1.32. The number of rotatable bonds is 3. The molecule has 2 nitrogen and oxygen atoms in total. The predicted octanol–water partition coefficient (Wildman–Crippen LogP) is 1.76. The van der Waals surface area contributed by atoms with Crippen molar-refractivity contribution in [2.45, 2.75) is 25.0 Å². The van der Waals surface area contributed by atoms with Crippen molar-refractivity contribution in [2.75, 3.05) is 13.6 Å². The highest BCUT2D eigenvalue weighted by Crippen LogP contribution is 2.25. The Morgan fingerprint density at radius 1 is 1.67 bits per heavy atom. The van der Waals surface area contributed by atoms with Crippen LogP contribution in [0, 0.1) is 0 Å². The molecule has 1 aliphatic carbocycles. The van der Waals surface area contributed by atoms with Crippen molar-refractivity contribution in [3.8, 4) is 0 Å². The molecule has 0 aliphatic heterocycles. The van der Waals surface area contributed by atoms with Gasteiger partial charge in [-0.25, -0.2) is 0 Å². The van der Waals surface area contributed by atoms with Gasteiger partial charge in [0.1, 0.15) is 0 Å². The molecule has 0 aromatic carbocycles. The maximum Gasteiger partial charge on any atom is 0.0570 e. The van der Waals surface area contributed by atoms with E-state index in [9.17, 15) is 0 Å². The van der Waals surface area contributed by atoms with E-state index >= 15 is 0 Å². The van der Waals surface area contributed by atoms with E-state index in [2.05, 4.69) is 4.90 Å². The van der Waals surface area contributed by atoms with Crippen LogP contribution in [0.3, 0.4) is 0 Å². The van der Waals surface area contributed by atoms with Crippen LogP contribution in [-0.2, 0) is 0 Å². The van der Waals surface area contributed by atoms with E-state index in [0.717, 1.165) is 12.8 Å². The highest BCUT2D eigenvalue weighted by molar-refractivity contribution is 6.36. The molecule has 0 radical (unpaired) electrons. The molecule has 0 unspecified atom stereocenters. The zero-order valence-electron chi connectivity index (χ0n) is 7.00. The monoisotopic (exact) mass is 209 g/mol. The molecule has 0 amide bonds. The zero-order valence-corrected chi connectivity index (χ0v) is 8.52. The van der Waals surface area contributed by atoms with E-state index in [1.807, 2.05) is 7.05 Å². The summed E-state index contributed by atoms with van der Waals surface area (Å²) < 4.78 is 0. The topological polar surface area (TPSA) is 23.5 Å². The van der Waals surface area contributed by atoms with Crippen LogP contribution in [0.2, 0.25) is 0 Å². The Morgan fingerprint density at radius 3 is 2.67 bits per heavy atom. The molecule has 0 aromatic heterocycles. The van der Waals surface area contributed by atoms with E-state index in [1.54, 1.807) is 0 Å². The number of nitrogens with zero attached hydrogens (tertiary/aromatic N) is 1. The van der Waals surface area contributed by atoms with Gasteiger partial charge in [-0.3, -0.25) is 4.90 Å². The third kappa shape index (κ3) is 2.63. The Morgan fingerprint density at radius 2 is 2.25 bits per heavy atom. The lowest BCUT2D eigenvalue weighted by molar-refractivity contribution is 0.0162. The van der Waals surface area contributed by atoms with Gasteiger partial charge < -0.3 is 5.11 Å². The molecule has 1 saturated carbocycles. The minimum atomic E-state index is -0.115. The lowest BCUT2D eigenvalue weighted by Gasteiger charge is -2.38. The number of hydrogen-bond donors (Lipinski definition) is 1. The number of likely N-dealkylation sites (N-methyl/N-ethyl adjacent to an activating group) is 1. The van der Waals surface area contributed by atoms with Crippen molar-refractivity contribution in [3.63, 3.8) is 0 Å². The Labute approximate surface area is 82.8 Å². The molecule has 1 aliphatic rings. The van der Waals surface area contributed by atoms with Gasteiger partial charge in [0, 0.05) is 23.2 Å². The average Bonchev–Trinajstić information content (AvgIpc) is 1.98. The Kier molecular flexibility index (Phi) is 3.84. The number of hydrogen-bond acceptors (Lipinski definition) is 2. The second-order valence-corrected chi connectivity index (χ2v) is 3.95. The summed E-state index contributed by atoms with van der Waals surface area (Å²) >= 11 is 11.2. The summed E-state index contributed by atoms with van der Waals surface area (Å²) in [6.45, 7) is 0.669. The summed E-state index contributed by atoms with van der Waals surface area (Å²) in [5, 5.41) is 9.70. The lowest BCUT2D eigenvalue weighted by atomic mass is 9.88. The van der Waals surface area contributed by atoms with Gasteiger partial charge in [-0.15, -0.1) is 0 Å². The van der Waals surface area contributed by atoms with Gasteiger partial charge >= 0.3 is 0 Å². The van der Waals surface area contributed by atoms with Gasteiger partial charge in [0.05, 0.1) is 6.10 Å². The largest absolute Gasteiger partial charge is 0.393 e. The van der Waals surface area contributed by atoms with Crippen LogP contribution in [0.5, 0.6) is 0 Å². The second-order valence-electron chi connectivity index (χ2n) is 3.25. The van der Waals surface area contributed by atoms with Gasteiger partial charge in [-0.1, -0.05) is 23.2 Å². The molecule has 0 aromatic rings. The lowest BCUT2D eigenvalue weighted by Crippen LogP contribution is -2.45. The van der Waals surface area contributed by atoms with Crippen LogP contribution < -0.4 is 0 Å². The molecule has 0 bridgehead atoms. The van der Waals surface area contributed by atoms with Gasteiger partial charge in [-0.2, -0.15) is 0 Å². The van der Waals surface area contributed by atoms with Crippen LogP contribution in [0.15, 0.2) is 10.6 Å². The van der Waals surface area contributed by atoms with E-state index in [1.165, 1.54) is 5.54 Å². The molecule has 1 fully saturated rings. The molecule has 0 atom stereocenters. The van der Waals surface area contributed by atoms with Crippen LogP contribution in [-0.4, -0.2) is 35.7 Å². The SMILES string of the molecule is CN(C/C(Cl)=C/Cl)C1CC(O)C1. The minimum absolute atomic E-state index is 0.115. The fourth-order valence-corrected chi connectivity index (χ4v) is 1.58. The Bertz CT molecular complexity index is 178. The highest BCUT2D eigenvalue weighted by atomic mass is 35.5.